The number of carboxylic acid groups (broad SMARTS) is 1. The summed E-state index contributed by atoms with van der Waals surface area (Å²) in [5, 5.41) is 9.15. The van der Waals surface area contributed by atoms with Gasteiger partial charge in [0.2, 0.25) is 0 Å². The molecule has 19 heavy (non-hydrogen) atoms. The number of carbonyl (C=O) groups is 2. The van der Waals surface area contributed by atoms with Gasteiger partial charge < -0.3 is 19.8 Å². The Bertz CT molecular complexity index is 333. The average molecular weight is 271 g/mol. The standard InChI is InChI=1S/C13H25N3O3/c1-5-15(10(2)9-14(3)4)13(19)16-8-6-7-11(16)12(17)18/h10-11H,5-9H2,1-4H3,(H,17,18)/t10?,11-/m0/s1. The molecule has 0 bridgehead atoms. The van der Waals surface area contributed by atoms with E-state index in [0.29, 0.717) is 19.5 Å². The van der Waals surface area contributed by atoms with Crippen LogP contribution in [0, 0.1) is 0 Å². The maximum absolute atomic E-state index is 12.5. The summed E-state index contributed by atoms with van der Waals surface area (Å²) in [5.41, 5.74) is 0. The van der Waals surface area contributed by atoms with Gasteiger partial charge in [0.15, 0.2) is 0 Å². The molecule has 2 atom stereocenters. The van der Waals surface area contributed by atoms with E-state index in [4.69, 9.17) is 5.11 Å². The number of urea groups is 1. The van der Waals surface area contributed by atoms with E-state index in [0.717, 1.165) is 13.0 Å². The largest absolute Gasteiger partial charge is 0.480 e. The summed E-state index contributed by atoms with van der Waals surface area (Å²) in [6, 6.07) is -0.739. The van der Waals surface area contributed by atoms with E-state index >= 15 is 0 Å². The third-order valence-electron chi connectivity index (χ3n) is 3.53. The zero-order chi connectivity index (χ0) is 14.6. The first-order valence-corrected chi connectivity index (χ1v) is 6.83. The Morgan fingerprint density at radius 1 is 1.42 bits per heavy atom. The quantitative estimate of drug-likeness (QED) is 0.808. The Hall–Kier alpha value is -1.30. The average Bonchev–Trinajstić information content (AvgIpc) is 2.77. The van der Waals surface area contributed by atoms with E-state index in [-0.39, 0.29) is 12.1 Å². The molecule has 0 radical (unpaired) electrons. The zero-order valence-electron chi connectivity index (χ0n) is 12.3. The van der Waals surface area contributed by atoms with Crippen LogP contribution in [0.5, 0.6) is 0 Å². The Labute approximate surface area is 115 Å². The van der Waals surface area contributed by atoms with Crippen LogP contribution in [0.1, 0.15) is 26.7 Å². The number of amides is 2. The third-order valence-corrected chi connectivity index (χ3v) is 3.53. The molecule has 0 aliphatic carbocycles. The van der Waals surface area contributed by atoms with Crippen molar-refractivity contribution in [3.63, 3.8) is 0 Å². The zero-order valence-corrected chi connectivity index (χ0v) is 12.3. The van der Waals surface area contributed by atoms with Gasteiger partial charge in [-0.25, -0.2) is 9.59 Å². The van der Waals surface area contributed by atoms with Gasteiger partial charge in [0.1, 0.15) is 6.04 Å². The van der Waals surface area contributed by atoms with Gasteiger partial charge in [-0.15, -0.1) is 0 Å². The first-order valence-electron chi connectivity index (χ1n) is 6.83. The fourth-order valence-corrected chi connectivity index (χ4v) is 2.68. The normalized spacial score (nSPS) is 20.7. The predicted molar refractivity (Wildman–Crippen MR) is 73.2 cm³/mol. The number of nitrogens with zero attached hydrogens (tertiary/aromatic N) is 3. The first-order chi connectivity index (χ1) is 8.88. The van der Waals surface area contributed by atoms with Crippen LogP contribution in [-0.2, 0) is 4.79 Å². The second kappa shape index (κ2) is 6.75. The Kier molecular flexibility index (Phi) is 5.60. The van der Waals surface area contributed by atoms with Gasteiger partial charge >= 0.3 is 12.0 Å². The Morgan fingerprint density at radius 3 is 2.53 bits per heavy atom. The van der Waals surface area contributed by atoms with Crippen LogP contribution in [0.2, 0.25) is 0 Å². The Morgan fingerprint density at radius 2 is 2.05 bits per heavy atom. The lowest BCUT2D eigenvalue weighted by atomic mass is 10.2. The molecule has 1 rings (SSSR count). The molecule has 110 valence electrons. The van der Waals surface area contributed by atoms with Crippen LogP contribution in [-0.4, -0.2) is 77.6 Å². The van der Waals surface area contributed by atoms with Gasteiger partial charge in [0, 0.05) is 25.7 Å². The third kappa shape index (κ3) is 3.83. The number of rotatable bonds is 5. The summed E-state index contributed by atoms with van der Waals surface area (Å²) in [6.07, 6.45) is 1.32. The lowest BCUT2D eigenvalue weighted by Gasteiger charge is -2.34. The number of hydrogen-bond acceptors (Lipinski definition) is 3. The van der Waals surface area contributed by atoms with Crippen LogP contribution in [0.3, 0.4) is 0 Å². The van der Waals surface area contributed by atoms with Crippen molar-refractivity contribution < 1.29 is 14.7 Å². The van der Waals surface area contributed by atoms with E-state index < -0.39 is 12.0 Å². The molecule has 1 N–H and O–H groups in total. The summed E-state index contributed by atoms with van der Waals surface area (Å²) in [5.74, 6) is -0.901. The molecule has 1 aliphatic heterocycles. The molecular formula is C13H25N3O3. The topological polar surface area (TPSA) is 64.1 Å². The van der Waals surface area contributed by atoms with Gasteiger partial charge in [-0.2, -0.15) is 0 Å². The molecule has 0 spiro atoms. The molecule has 1 heterocycles. The van der Waals surface area contributed by atoms with E-state index in [2.05, 4.69) is 0 Å². The van der Waals surface area contributed by atoms with E-state index in [1.165, 1.54) is 4.90 Å². The smallest absolute Gasteiger partial charge is 0.326 e. The molecule has 1 saturated heterocycles. The highest BCUT2D eigenvalue weighted by molar-refractivity contribution is 5.83. The summed E-state index contributed by atoms with van der Waals surface area (Å²) in [6.45, 7) is 5.83. The molecule has 0 saturated carbocycles. The van der Waals surface area contributed by atoms with Crippen LogP contribution < -0.4 is 0 Å². The molecule has 0 aromatic heterocycles. The molecule has 6 heteroatoms. The molecule has 1 unspecified atom stereocenters. The molecule has 2 amide bonds. The van der Waals surface area contributed by atoms with Crippen molar-refractivity contribution in [1.29, 1.82) is 0 Å². The van der Waals surface area contributed by atoms with Crippen molar-refractivity contribution in [2.24, 2.45) is 0 Å². The predicted octanol–water partition coefficient (Wildman–Crippen LogP) is 0.927. The first kappa shape index (κ1) is 15.8. The number of carboxylic acids is 1. The number of aliphatic carboxylic acids is 1. The molecule has 1 fully saturated rings. The second-order valence-corrected chi connectivity index (χ2v) is 5.37. The molecule has 0 aromatic carbocycles. The second-order valence-electron chi connectivity index (χ2n) is 5.37. The van der Waals surface area contributed by atoms with Crippen LogP contribution in [0.15, 0.2) is 0 Å². The van der Waals surface area contributed by atoms with E-state index in [9.17, 15) is 9.59 Å². The molecular weight excluding hydrogens is 246 g/mol. The van der Waals surface area contributed by atoms with Crippen LogP contribution in [0.25, 0.3) is 0 Å². The lowest BCUT2D eigenvalue weighted by Crippen LogP contribution is -2.52. The number of likely N-dealkylation sites (tertiary alicyclic amines) is 1. The number of likely N-dealkylation sites (N-methyl/N-ethyl adjacent to an activating group) is 2. The summed E-state index contributed by atoms with van der Waals surface area (Å²) in [7, 11) is 3.93. The fraction of sp³-hybridized carbons (Fsp3) is 0.846. The van der Waals surface area contributed by atoms with Crippen LogP contribution in [0.4, 0.5) is 4.79 Å². The minimum atomic E-state index is -0.901. The van der Waals surface area contributed by atoms with Crippen LogP contribution >= 0.6 is 0 Å². The van der Waals surface area contributed by atoms with Gasteiger partial charge in [0.25, 0.3) is 0 Å². The molecule has 1 aliphatic rings. The van der Waals surface area contributed by atoms with Crippen molar-refractivity contribution in [3.05, 3.63) is 0 Å². The maximum Gasteiger partial charge on any atom is 0.326 e. The molecule has 6 nitrogen and oxygen atoms in total. The van der Waals surface area contributed by atoms with Crippen molar-refractivity contribution in [2.45, 2.75) is 38.8 Å². The number of hydrogen-bond donors (Lipinski definition) is 1. The Balaban J connectivity index is 2.75. The van der Waals surface area contributed by atoms with Gasteiger partial charge in [-0.1, -0.05) is 0 Å². The van der Waals surface area contributed by atoms with Crippen molar-refractivity contribution in [1.82, 2.24) is 14.7 Å². The van der Waals surface area contributed by atoms with Gasteiger partial charge in [0.05, 0.1) is 0 Å². The fourth-order valence-electron chi connectivity index (χ4n) is 2.68. The van der Waals surface area contributed by atoms with Crippen molar-refractivity contribution in [3.8, 4) is 0 Å². The minimum Gasteiger partial charge on any atom is -0.480 e. The van der Waals surface area contributed by atoms with Gasteiger partial charge in [-0.3, -0.25) is 0 Å². The van der Waals surface area contributed by atoms with E-state index in [1.807, 2.05) is 32.8 Å². The highest BCUT2D eigenvalue weighted by Crippen LogP contribution is 2.20. The minimum absolute atomic E-state index is 0.0718. The maximum atomic E-state index is 12.5. The van der Waals surface area contributed by atoms with Crippen molar-refractivity contribution >= 4 is 12.0 Å². The van der Waals surface area contributed by atoms with E-state index in [1.54, 1.807) is 4.90 Å². The van der Waals surface area contributed by atoms with Crippen molar-refractivity contribution in [2.75, 3.05) is 33.7 Å². The highest BCUT2D eigenvalue weighted by Gasteiger charge is 2.36. The lowest BCUT2D eigenvalue weighted by molar-refractivity contribution is -0.141. The number of carbonyl (C=O) groups excluding carboxylic acids is 1. The summed E-state index contributed by atoms with van der Waals surface area (Å²) in [4.78, 5) is 28.9. The summed E-state index contributed by atoms with van der Waals surface area (Å²) >= 11 is 0. The van der Waals surface area contributed by atoms with Gasteiger partial charge in [-0.05, 0) is 40.8 Å². The SMILES string of the molecule is CCN(C(=O)N1CCC[C@H]1C(=O)O)C(C)CN(C)C. The molecule has 0 aromatic rings. The highest BCUT2D eigenvalue weighted by atomic mass is 16.4. The monoisotopic (exact) mass is 271 g/mol. The summed E-state index contributed by atoms with van der Waals surface area (Å²) < 4.78 is 0.